The fourth-order valence-electron chi connectivity index (χ4n) is 1.99. The summed E-state index contributed by atoms with van der Waals surface area (Å²) in [6, 6.07) is 2.32. The van der Waals surface area contributed by atoms with Gasteiger partial charge in [0.2, 0.25) is 5.95 Å². The van der Waals surface area contributed by atoms with Crippen LogP contribution in [-0.4, -0.2) is 28.4 Å². The Morgan fingerprint density at radius 2 is 2.17 bits per heavy atom. The molecule has 0 unspecified atom stereocenters. The zero-order chi connectivity index (χ0) is 13.3. The Kier molecular flexibility index (Phi) is 3.50. The highest BCUT2D eigenvalue weighted by molar-refractivity contribution is 5.93. The van der Waals surface area contributed by atoms with E-state index in [1.54, 1.807) is 6.07 Å². The van der Waals surface area contributed by atoms with E-state index in [9.17, 15) is 0 Å². The minimum atomic E-state index is 0.00189. The molecule has 2 rings (SSSR count). The number of aromatic nitrogens is 2. The summed E-state index contributed by atoms with van der Waals surface area (Å²) in [6.45, 7) is 7.25. The topological polar surface area (TPSA) is 78.9 Å². The molecule has 0 atom stereocenters. The van der Waals surface area contributed by atoms with Crippen LogP contribution in [0.4, 0.5) is 5.95 Å². The van der Waals surface area contributed by atoms with Crippen molar-refractivity contribution in [1.29, 1.82) is 5.41 Å². The Labute approximate surface area is 108 Å². The van der Waals surface area contributed by atoms with Gasteiger partial charge >= 0.3 is 0 Å². The Morgan fingerprint density at radius 3 is 2.67 bits per heavy atom. The van der Waals surface area contributed by atoms with Crippen LogP contribution in [0, 0.1) is 18.3 Å². The van der Waals surface area contributed by atoms with Crippen LogP contribution in [0.1, 0.15) is 38.1 Å². The van der Waals surface area contributed by atoms with Crippen LogP contribution in [0.3, 0.4) is 0 Å². The third kappa shape index (κ3) is 2.97. The zero-order valence-electron chi connectivity index (χ0n) is 11.3. The van der Waals surface area contributed by atoms with E-state index in [0.29, 0.717) is 17.7 Å². The van der Waals surface area contributed by atoms with Crippen LogP contribution in [0.2, 0.25) is 0 Å². The Morgan fingerprint density at radius 1 is 1.50 bits per heavy atom. The standard InChI is InChI=1S/C13H21N5/c1-8(2)7-18(10-4-5-10)13-16-9(3)6-11(17-13)12(14)15/h6,8,10H,4-5,7H2,1-3H3,(H3,14,15). The lowest BCUT2D eigenvalue weighted by atomic mass is 10.2. The lowest BCUT2D eigenvalue weighted by Crippen LogP contribution is -2.32. The number of rotatable bonds is 5. The van der Waals surface area contributed by atoms with E-state index in [-0.39, 0.29) is 5.84 Å². The fourth-order valence-corrected chi connectivity index (χ4v) is 1.99. The van der Waals surface area contributed by atoms with Gasteiger partial charge in [0.25, 0.3) is 0 Å². The highest BCUT2D eigenvalue weighted by atomic mass is 15.3. The van der Waals surface area contributed by atoms with Crippen molar-refractivity contribution in [3.8, 4) is 0 Å². The second-order valence-corrected chi connectivity index (χ2v) is 5.39. The maximum Gasteiger partial charge on any atom is 0.226 e. The summed E-state index contributed by atoms with van der Waals surface area (Å²) in [7, 11) is 0. The second-order valence-electron chi connectivity index (χ2n) is 5.39. The van der Waals surface area contributed by atoms with Crippen molar-refractivity contribution in [1.82, 2.24) is 9.97 Å². The summed E-state index contributed by atoms with van der Waals surface area (Å²) in [5, 5.41) is 7.50. The number of anilines is 1. The number of hydrogen-bond acceptors (Lipinski definition) is 4. The van der Waals surface area contributed by atoms with E-state index in [1.807, 2.05) is 6.92 Å². The summed E-state index contributed by atoms with van der Waals surface area (Å²) in [5.41, 5.74) is 6.90. The molecule has 5 nitrogen and oxygen atoms in total. The highest BCUT2D eigenvalue weighted by Crippen LogP contribution is 2.30. The molecule has 5 heteroatoms. The van der Waals surface area contributed by atoms with Gasteiger partial charge in [-0.2, -0.15) is 0 Å². The molecule has 1 aromatic rings. The number of aryl methyl sites for hydroxylation is 1. The van der Waals surface area contributed by atoms with Gasteiger partial charge in [-0.25, -0.2) is 9.97 Å². The Bertz CT molecular complexity index is 451. The monoisotopic (exact) mass is 247 g/mol. The number of nitrogen functional groups attached to an aromatic ring is 1. The van der Waals surface area contributed by atoms with Gasteiger partial charge in [0, 0.05) is 18.3 Å². The van der Waals surface area contributed by atoms with Crippen LogP contribution in [-0.2, 0) is 0 Å². The first-order valence-electron chi connectivity index (χ1n) is 6.44. The van der Waals surface area contributed by atoms with E-state index in [4.69, 9.17) is 11.1 Å². The molecule has 0 saturated heterocycles. The first-order valence-corrected chi connectivity index (χ1v) is 6.44. The van der Waals surface area contributed by atoms with Crippen LogP contribution in [0.15, 0.2) is 6.07 Å². The average Bonchev–Trinajstić information content (AvgIpc) is 3.08. The van der Waals surface area contributed by atoms with Gasteiger partial charge in [-0.15, -0.1) is 0 Å². The first kappa shape index (κ1) is 12.8. The minimum absolute atomic E-state index is 0.00189. The van der Waals surface area contributed by atoms with E-state index in [2.05, 4.69) is 28.7 Å². The predicted molar refractivity (Wildman–Crippen MR) is 73.0 cm³/mol. The molecule has 1 fully saturated rings. The molecule has 1 saturated carbocycles. The van der Waals surface area contributed by atoms with Gasteiger partial charge in [0.15, 0.2) is 0 Å². The second kappa shape index (κ2) is 4.92. The first-order chi connectivity index (χ1) is 8.47. The van der Waals surface area contributed by atoms with Crippen LogP contribution in [0.25, 0.3) is 0 Å². The van der Waals surface area contributed by atoms with Crippen LogP contribution >= 0.6 is 0 Å². The molecule has 0 radical (unpaired) electrons. The van der Waals surface area contributed by atoms with Gasteiger partial charge in [-0.05, 0) is 31.7 Å². The van der Waals surface area contributed by atoms with E-state index in [0.717, 1.165) is 18.2 Å². The zero-order valence-corrected chi connectivity index (χ0v) is 11.3. The summed E-state index contributed by atoms with van der Waals surface area (Å²) < 4.78 is 0. The number of hydrogen-bond donors (Lipinski definition) is 2. The SMILES string of the molecule is Cc1cc(C(=N)N)nc(N(CC(C)C)C2CC2)n1. The van der Waals surface area contributed by atoms with Crippen molar-refractivity contribution >= 4 is 11.8 Å². The van der Waals surface area contributed by atoms with E-state index < -0.39 is 0 Å². The third-order valence-corrected chi connectivity index (χ3v) is 2.92. The molecule has 0 amide bonds. The lowest BCUT2D eigenvalue weighted by molar-refractivity contribution is 0.596. The molecule has 18 heavy (non-hydrogen) atoms. The lowest BCUT2D eigenvalue weighted by Gasteiger charge is -2.24. The van der Waals surface area contributed by atoms with Crippen molar-refractivity contribution in [2.24, 2.45) is 11.7 Å². The quantitative estimate of drug-likeness (QED) is 0.613. The fraction of sp³-hybridized carbons (Fsp3) is 0.615. The van der Waals surface area contributed by atoms with Crippen molar-refractivity contribution in [3.05, 3.63) is 17.5 Å². The predicted octanol–water partition coefficient (Wildman–Crippen LogP) is 1.69. The van der Waals surface area contributed by atoms with Crippen LogP contribution < -0.4 is 10.6 Å². The molecule has 98 valence electrons. The van der Waals surface area contributed by atoms with E-state index >= 15 is 0 Å². The maximum atomic E-state index is 7.50. The summed E-state index contributed by atoms with van der Waals surface area (Å²) in [5.74, 6) is 1.29. The molecule has 1 aromatic heterocycles. The average molecular weight is 247 g/mol. The Hall–Kier alpha value is -1.65. The van der Waals surface area contributed by atoms with Crippen molar-refractivity contribution in [2.75, 3.05) is 11.4 Å². The van der Waals surface area contributed by atoms with Crippen molar-refractivity contribution in [2.45, 2.75) is 39.7 Å². The van der Waals surface area contributed by atoms with Crippen LogP contribution in [0.5, 0.6) is 0 Å². The number of nitrogens with one attached hydrogen (secondary N) is 1. The highest BCUT2D eigenvalue weighted by Gasteiger charge is 2.31. The number of nitrogens with zero attached hydrogens (tertiary/aromatic N) is 3. The summed E-state index contributed by atoms with van der Waals surface area (Å²) in [4.78, 5) is 11.2. The smallest absolute Gasteiger partial charge is 0.226 e. The Balaban J connectivity index is 2.31. The van der Waals surface area contributed by atoms with Crippen molar-refractivity contribution in [3.63, 3.8) is 0 Å². The van der Waals surface area contributed by atoms with E-state index in [1.165, 1.54) is 12.8 Å². The molecule has 1 aliphatic rings. The number of amidine groups is 1. The molecule has 3 N–H and O–H groups in total. The molecular formula is C13H21N5. The van der Waals surface area contributed by atoms with Gasteiger partial charge < -0.3 is 10.6 Å². The number of nitrogens with two attached hydrogens (primary N) is 1. The van der Waals surface area contributed by atoms with Gasteiger partial charge in [0.05, 0.1) is 0 Å². The summed E-state index contributed by atoms with van der Waals surface area (Å²) >= 11 is 0. The summed E-state index contributed by atoms with van der Waals surface area (Å²) in [6.07, 6.45) is 2.42. The van der Waals surface area contributed by atoms with Crippen molar-refractivity contribution < 1.29 is 0 Å². The van der Waals surface area contributed by atoms with Gasteiger partial charge in [-0.3, -0.25) is 5.41 Å². The normalized spacial score (nSPS) is 14.9. The molecule has 0 bridgehead atoms. The minimum Gasteiger partial charge on any atom is -0.382 e. The van der Waals surface area contributed by atoms with Gasteiger partial charge in [-0.1, -0.05) is 13.8 Å². The molecule has 0 aliphatic heterocycles. The molecule has 1 heterocycles. The molecule has 0 aromatic carbocycles. The molecule has 0 spiro atoms. The molecule has 1 aliphatic carbocycles. The third-order valence-electron chi connectivity index (χ3n) is 2.92. The van der Waals surface area contributed by atoms with Gasteiger partial charge in [0.1, 0.15) is 11.5 Å². The maximum absolute atomic E-state index is 7.50. The largest absolute Gasteiger partial charge is 0.382 e. The molecular weight excluding hydrogens is 226 g/mol.